The van der Waals surface area contributed by atoms with Gasteiger partial charge in [-0.25, -0.2) is 0 Å². The van der Waals surface area contributed by atoms with E-state index in [0.717, 1.165) is 17.7 Å². The van der Waals surface area contributed by atoms with Crippen LogP contribution in [0.25, 0.3) is 0 Å². The van der Waals surface area contributed by atoms with Gasteiger partial charge in [-0.2, -0.15) is 11.8 Å². The Kier molecular flexibility index (Phi) is 7.35. The zero-order valence-corrected chi connectivity index (χ0v) is 11.9. The maximum atomic E-state index is 9.14. The second-order valence-electron chi connectivity index (χ2n) is 4.46. The van der Waals surface area contributed by atoms with Crippen molar-refractivity contribution < 1.29 is 10.2 Å². The number of aliphatic hydroxyl groups excluding tert-OH is 2. The predicted octanol–water partition coefficient (Wildman–Crippen LogP) is 1.94. The zero-order valence-electron chi connectivity index (χ0n) is 11.1. The Morgan fingerprint density at radius 1 is 1.33 bits per heavy atom. The summed E-state index contributed by atoms with van der Waals surface area (Å²) in [5.74, 6) is 0.991. The molecule has 0 amide bonds. The Morgan fingerprint density at radius 2 is 2.11 bits per heavy atom. The second kappa shape index (κ2) is 8.53. The van der Waals surface area contributed by atoms with Crippen molar-refractivity contribution in [2.75, 3.05) is 18.6 Å². The molecule has 0 saturated heterocycles. The molecule has 102 valence electrons. The Morgan fingerprint density at radius 3 is 2.72 bits per heavy atom. The molecule has 0 aromatic heterocycles. The molecule has 4 heteroatoms. The van der Waals surface area contributed by atoms with E-state index in [1.165, 1.54) is 5.56 Å². The fraction of sp³-hybridized carbons (Fsp3) is 0.571. The summed E-state index contributed by atoms with van der Waals surface area (Å²) in [6, 6.07) is 8.51. The molecule has 1 aromatic carbocycles. The number of nitrogens with one attached hydrogen (secondary N) is 1. The van der Waals surface area contributed by atoms with Crippen molar-refractivity contribution in [1.82, 2.24) is 5.32 Å². The highest BCUT2D eigenvalue weighted by Gasteiger charge is 2.12. The molecule has 2 unspecified atom stereocenters. The highest BCUT2D eigenvalue weighted by atomic mass is 32.2. The quantitative estimate of drug-likeness (QED) is 0.675. The highest BCUT2D eigenvalue weighted by Crippen LogP contribution is 2.16. The SMILES string of the molecule is CSCC(CCO)NC(C)c1cccc(CO)c1. The van der Waals surface area contributed by atoms with E-state index in [0.29, 0.717) is 6.04 Å². The summed E-state index contributed by atoms with van der Waals surface area (Å²) < 4.78 is 0. The van der Waals surface area contributed by atoms with Gasteiger partial charge in [-0.1, -0.05) is 24.3 Å². The Hall–Kier alpha value is -0.550. The minimum absolute atomic E-state index is 0.0748. The van der Waals surface area contributed by atoms with Crippen molar-refractivity contribution in [3.8, 4) is 0 Å². The van der Waals surface area contributed by atoms with Crippen LogP contribution in [0.2, 0.25) is 0 Å². The molecule has 0 aliphatic carbocycles. The topological polar surface area (TPSA) is 52.5 Å². The molecular weight excluding hydrogens is 246 g/mol. The van der Waals surface area contributed by atoms with E-state index < -0.39 is 0 Å². The first-order chi connectivity index (χ1) is 8.71. The van der Waals surface area contributed by atoms with Crippen LogP contribution in [0.1, 0.15) is 30.5 Å². The van der Waals surface area contributed by atoms with Crippen LogP contribution < -0.4 is 5.32 Å². The Balaban J connectivity index is 2.63. The van der Waals surface area contributed by atoms with Crippen LogP contribution in [-0.4, -0.2) is 34.9 Å². The number of thioether (sulfide) groups is 1. The Labute approximate surface area is 114 Å². The average molecular weight is 269 g/mol. The zero-order chi connectivity index (χ0) is 13.4. The minimum atomic E-state index is 0.0748. The lowest BCUT2D eigenvalue weighted by Gasteiger charge is -2.23. The van der Waals surface area contributed by atoms with Gasteiger partial charge in [0, 0.05) is 24.4 Å². The van der Waals surface area contributed by atoms with Crippen molar-refractivity contribution >= 4 is 11.8 Å². The van der Waals surface area contributed by atoms with E-state index in [2.05, 4.69) is 24.6 Å². The molecule has 3 nitrogen and oxygen atoms in total. The van der Waals surface area contributed by atoms with E-state index in [4.69, 9.17) is 10.2 Å². The van der Waals surface area contributed by atoms with Crippen molar-refractivity contribution in [3.05, 3.63) is 35.4 Å². The number of rotatable bonds is 8. The maximum absolute atomic E-state index is 9.14. The highest BCUT2D eigenvalue weighted by molar-refractivity contribution is 7.98. The van der Waals surface area contributed by atoms with Gasteiger partial charge in [-0.05, 0) is 30.7 Å². The van der Waals surface area contributed by atoms with Gasteiger partial charge in [0.2, 0.25) is 0 Å². The molecular formula is C14H23NO2S. The third kappa shape index (κ3) is 4.98. The molecule has 3 N–H and O–H groups in total. The van der Waals surface area contributed by atoms with Crippen molar-refractivity contribution in [3.63, 3.8) is 0 Å². The summed E-state index contributed by atoms with van der Waals surface area (Å²) in [5, 5.41) is 21.7. The molecule has 1 rings (SSSR count). The van der Waals surface area contributed by atoms with Crippen LogP contribution in [0.5, 0.6) is 0 Å². The largest absolute Gasteiger partial charge is 0.396 e. The number of hydrogen-bond donors (Lipinski definition) is 3. The minimum Gasteiger partial charge on any atom is -0.396 e. The van der Waals surface area contributed by atoms with Gasteiger partial charge in [0.05, 0.1) is 6.61 Å². The lowest BCUT2D eigenvalue weighted by atomic mass is 10.0. The third-order valence-electron chi connectivity index (χ3n) is 2.96. The molecule has 2 atom stereocenters. The van der Waals surface area contributed by atoms with Gasteiger partial charge in [-0.3, -0.25) is 0 Å². The maximum Gasteiger partial charge on any atom is 0.0681 e. The lowest BCUT2D eigenvalue weighted by Crippen LogP contribution is -2.34. The number of benzene rings is 1. The normalized spacial score (nSPS) is 14.4. The van der Waals surface area contributed by atoms with Crippen LogP contribution in [0, 0.1) is 0 Å². The Bertz CT molecular complexity index is 340. The number of hydrogen-bond acceptors (Lipinski definition) is 4. The van der Waals surface area contributed by atoms with Gasteiger partial charge >= 0.3 is 0 Å². The van der Waals surface area contributed by atoms with Crippen LogP contribution in [0.3, 0.4) is 0 Å². The van der Waals surface area contributed by atoms with Crippen molar-refractivity contribution in [2.24, 2.45) is 0 Å². The molecule has 1 aromatic rings. The van der Waals surface area contributed by atoms with Gasteiger partial charge in [0.15, 0.2) is 0 Å². The molecule has 0 bridgehead atoms. The first kappa shape index (κ1) is 15.5. The van der Waals surface area contributed by atoms with E-state index in [1.807, 2.05) is 18.2 Å². The molecule has 0 saturated carbocycles. The van der Waals surface area contributed by atoms with Crippen LogP contribution in [-0.2, 0) is 6.61 Å². The summed E-state index contributed by atoms with van der Waals surface area (Å²) in [6.07, 6.45) is 2.84. The predicted molar refractivity (Wildman–Crippen MR) is 77.8 cm³/mol. The second-order valence-corrected chi connectivity index (χ2v) is 5.37. The van der Waals surface area contributed by atoms with E-state index in [1.54, 1.807) is 11.8 Å². The molecule has 0 fully saturated rings. The van der Waals surface area contributed by atoms with Gasteiger partial charge in [-0.15, -0.1) is 0 Å². The first-order valence-corrected chi connectivity index (χ1v) is 7.66. The van der Waals surface area contributed by atoms with Crippen molar-refractivity contribution in [1.29, 1.82) is 0 Å². The van der Waals surface area contributed by atoms with Crippen molar-refractivity contribution in [2.45, 2.75) is 32.0 Å². The summed E-state index contributed by atoms with van der Waals surface area (Å²) in [6.45, 7) is 2.40. The molecule has 0 aliphatic rings. The van der Waals surface area contributed by atoms with Gasteiger partial charge in [0.25, 0.3) is 0 Å². The standard InChI is InChI=1S/C14H23NO2S/c1-11(15-14(6-7-16)10-18-2)13-5-3-4-12(8-13)9-17/h3-5,8,11,14-17H,6-7,9-10H2,1-2H3. The van der Waals surface area contributed by atoms with E-state index in [-0.39, 0.29) is 19.3 Å². The smallest absolute Gasteiger partial charge is 0.0681 e. The molecule has 0 radical (unpaired) electrons. The summed E-state index contributed by atoms with van der Waals surface area (Å²) in [5.41, 5.74) is 2.11. The van der Waals surface area contributed by atoms with Crippen LogP contribution >= 0.6 is 11.8 Å². The lowest BCUT2D eigenvalue weighted by molar-refractivity contribution is 0.265. The summed E-state index contributed by atoms with van der Waals surface area (Å²) in [7, 11) is 0. The fourth-order valence-corrected chi connectivity index (χ4v) is 2.65. The molecule has 0 aliphatic heterocycles. The third-order valence-corrected chi connectivity index (χ3v) is 3.70. The van der Waals surface area contributed by atoms with Crippen LogP contribution in [0.15, 0.2) is 24.3 Å². The van der Waals surface area contributed by atoms with E-state index >= 15 is 0 Å². The summed E-state index contributed by atoms with van der Waals surface area (Å²) in [4.78, 5) is 0. The summed E-state index contributed by atoms with van der Waals surface area (Å²) >= 11 is 1.78. The molecule has 0 heterocycles. The monoisotopic (exact) mass is 269 g/mol. The average Bonchev–Trinajstić information content (AvgIpc) is 2.39. The number of aliphatic hydroxyl groups is 2. The molecule has 18 heavy (non-hydrogen) atoms. The van der Waals surface area contributed by atoms with Gasteiger partial charge in [0.1, 0.15) is 0 Å². The van der Waals surface area contributed by atoms with Crippen LogP contribution in [0.4, 0.5) is 0 Å². The molecule has 0 spiro atoms. The van der Waals surface area contributed by atoms with Gasteiger partial charge < -0.3 is 15.5 Å². The van der Waals surface area contributed by atoms with E-state index in [9.17, 15) is 0 Å². The fourth-order valence-electron chi connectivity index (χ4n) is 1.98. The first-order valence-electron chi connectivity index (χ1n) is 6.26.